The van der Waals surface area contributed by atoms with Crippen LogP contribution >= 0.6 is 0 Å². The number of nitriles is 1. The summed E-state index contributed by atoms with van der Waals surface area (Å²) in [6, 6.07) is 2.41. The van der Waals surface area contributed by atoms with Crippen molar-refractivity contribution in [3.8, 4) is 6.19 Å². The number of carbonyl (C=O) groups is 1. The third kappa shape index (κ3) is 5.14. The first-order valence-corrected chi connectivity index (χ1v) is 12.5. The summed E-state index contributed by atoms with van der Waals surface area (Å²) in [6.45, 7) is 1.23. The number of hydrogen-bond acceptors (Lipinski definition) is 6. The van der Waals surface area contributed by atoms with Gasteiger partial charge < -0.3 is 5.32 Å². The summed E-state index contributed by atoms with van der Waals surface area (Å²) in [6.07, 6.45) is -1.26. The molecule has 2 aliphatic carbocycles. The van der Waals surface area contributed by atoms with Crippen LogP contribution in [0.25, 0.3) is 0 Å². The molecule has 0 aromatic carbocycles. The lowest BCUT2D eigenvalue weighted by Gasteiger charge is -2.44. The molecule has 0 saturated heterocycles. The lowest BCUT2D eigenvalue weighted by atomic mass is 9.67. The van der Waals surface area contributed by atoms with Gasteiger partial charge >= 0.3 is 6.18 Å². The molecule has 2 aromatic rings. The fourth-order valence-corrected chi connectivity index (χ4v) is 5.28. The molecular weight excluding hydrogens is 495 g/mol. The number of aromatic nitrogens is 3. The summed E-state index contributed by atoms with van der Waals surface area (Å²) < 4.78 is 86.1. The van der Waals surface area contributed by atoms with Crippen molar-refractivity contribution in [3.63, 3.8) is 0 Å². The van der Waals surface area contributed by atoms with Gasteiger partial charge in [-0.3, -0.25) is 9.48 Å². The molecule has 0 unspecified atom stereocenters. The Labute approximate surface area is 197 Å². The van der Waals surface area contributed by atoms with E-state index in [2.05, 4.69) is 19.8 Å². The van der Waals surface area contributed by atoms with Gasteiger partial charge in [0.05, 0.1) is 5.69 Å². The number of carbonyl (C=O) groups excluding carboxylic acids is 1. The molecule has 35 heavy (non-hydrogen) atoms. The molecule has 0 aliphatic heterocycles. The molecule has 0 spiro atoms. The highest BCUT2D eigenvalue weighted by Crippen LogP contribution is 2.53. The Morgan fingerprint density at radius 2 is 2.03 bits per heavy atom. The van der Waals surface area contributed by atoms with E-state index in [4.69, 9.17) is 5.26 Å². The largest absolute Gasteiger partial charge is 0.420 e. The second-order valence-electron chi connectivity index (χ2n) is 9.39. The predicted molar refractivity (Wildman–Crippen MR) is 114 cm³/mol. The Balaban J connectivity index is 1.74. The normalized spacial score (nSPS) is 20.3. The number of amides is 1. The first kappa shape index (κ1) is 25.0. The lowest BCUT2D eigenvalue weighted by molar-refractivity contribution is -0.160. The summed E-state index contributed by atoms with van der Waals surface area (Å²) in [7, 11) is -3.22. The van der Waals surface area contributed by atoms with E-state index in [1.165, 1.54) is 19.2 Å². The van der Waals surface area contributed by atoms with Gasteiger partial charge in [0.1, 0.15) is 26.0 Å². The molecule has 0 radical (unpaired) electrons. The smallest absolute Gasteiger partial charge is 0.320 e. The Bertz CT molecular complexity index is 1340. The van der Waals surface area contributed by atoms with E-state index in [1.54, 1.807) is 0 Å². The van der Waals surface area contributed by atoms with Gasteiger partial charge in [0.25, 0.3) is 5.91 Å². The first-order chi connectivity index (χ1) is 16.1. The summed E-state index contributed by atoms with van der Waals surface area (Å²) in [5.41, 5.74) is -3.27. The van der Waals surface area contributed by atoms with Crippen LogP contribution in [0.2, 0.25) is 0 Å². The molecule has 0 bridgehead atoms. The molecule has 1 atom stereocenters. The van der Waals surface area contributed by atoms with Crippen molar-refractivity contribution in [3.05, 3.63) is 35.3 Å². The highest BCUT2D eigenvalue weighted by molar-refractivity contribution is 7.93. The first-order valence-electron chi connectivity index (χ1n) is 10.6. The molecule has 2 aliphatic rings. The Hall–Kier alpha value is -3.08. The van der Waals surface area contributed by atoms with Gasteiger partial charge in [-0.15, -0.1) is 4.36 Å². The van der Waals surface area contributed by atoms with Gasteiger partial charge in [0.2, 0.25) is 12.1 Å². The number of alkyl halides is 5. The van der Waals surface area contributed by atoms with Gasteiger partial charge in [0.15, 0.2) is 0 Å². The summed E-state index contributed by atoms with van der Waals surface area (Å²) >= 11 is 0. The number of pyridine rings is 1. The molecule has 2 aromatic heterocycles. The lowest BCUT2D eigenvalue weighted by Crippen LogP contribution is -2.47. The van der Waals surface area contributed by atoms with Gasteiger partial charge in [0, 0.05) is 43.4 Å². The number of halogens is 5. The van der Waals surface area contributed by atoms with Gasteiger partial charge in [-0.2, -0.15) is 23.5 Å². The zero-order valence-electron chi connectivity index (χ0n) is 18.7. The minimum absolute atomic E-state index is 0.0297. The zero-order valence-corrected chi connectivity index (χ0v) is 19.5. The van der Waals surface area contributed by atoms with Crippen LogP contribution < -0.4 is 5.32 Å². The number of nitrogens with one attached hydrogen (secondary N) is 1. The van der Waals surface area contributed by atoms with E-state index in [-0.39, 0.29) is 23.0 Å². The van der Waals surface area contributed by atoms with Crippen LogP contribution in [-0.4, -0.2) is 37.1 Å². The Morgan fingerprint density at radius 1 is 1.37 bits per heavy atom. The minimum atomic E-state index is -4.90. The topological polar surface area (TPSA) is 113 Å². The predicted octanol–water partition coefficient (Wildman–Crippen LogP) is 4.80. The van der Waals surface area contributed by atoms with Crippen LogP contribution in [0.3, 0.4) is 0 Å². The average Bonchev–Trinajstić information content (AvgIpc) is 3.46. The average molecular weight is 516 g/mol. The highest BCUT2D eigenvalue weighted by atomic mass is 32.2. The molecule has 2 saturated carbocycles. The van der Waals surface area contributed by atoms with Crippen LogP contribution in [0.15, 0.2) is 27.7 Å². The fraction of sp³-hybridized carbons (Fsp3) is 0.524. The Kier molecular flexibility index (Phi) is 5.90. The van der Waals surface area contributed by atoms with Crippen molar-refractivity contribution in [1.29, 1.82) is 5.26 Å². The molecule has 8 nitrogen and oxygen atoms in total. The third-order valence-electron chi connectivity index (χ3n) is 5.94. The van der Waals surface area contributed by atoms with Crippen molar-refractivity contribution < 1.29 is 31.0 Å². The van der Waals surface area contributed by atoms with Crippen molar-refractivity contribution in [2.24, 2.45) is 9.78 Å². The molecule has 2 fully saturated rings. The molecule has 1 amide bonds. The van der Waals surface area contributed by atoms with Gasteiger partial charge in [-0.05, 0) is 30.4 Å². The molecule has 1 N–H and O–H groups in total. The van der Waals surface area contributed by atoms with Crippen molar-refractivity contribution in [2.75, 3.05) is 11.6 Å². The SMILES string of the molecule is CC1(Cn2nc(C3CC3)c(C(F)(F)F)c2C(=O)Nc2ccnc([S@@](C)(=O)=NC#N)c2)CC(F)(F)C1. The fourth-order valence-electron chi connectivity index (χ4n) is 4.43. The summed E-state index contributed by atoms with van der Waals surface area (Å²) in [4.78, 5) is 17.0. The van der Waals surface area contributed by atoms with Crippen LogP contribution in [0.1, 0.15) is 60.3 Å². The molecule has 2 heterocycles. The van der Waals surface area contributed by atoms with Crippen LogP contribution in [0.4, 0.5) is 27.6 Å². The zero-order chi connectivity index (χ0) is 25.8. The second-order valence-corrected chi connectivity index (χ2v) is 11.6. The minimum Gasteiger partial charge on any atom is -0.320 e. The van der Waals surface area contributed by atoms with Crippen molar-refractivity contribution in [1.82, 2.24) is 14.8 Å². The molecule has 14 heteroatoms. The number of hydrogen-bond donors (Lipinski definition) is 1. The third-order valence-corrected chi connectivity index (χ3v) is 7.37. The molecule has 188 valence electrons. The van der Waals surface area contributed by atoms with E-state index in [0.29, 0.717) is 12.8 Å². The maximum absolute atomic E-state index is 14.1. The van der Waals surface area contributed by atoms with Crippen molar-refractivity contribution in [2.45, 2.75) is 62.2 Å². The van der Waals surface area contributed by atoms with Gasteiger partial charge in [-0.1, -0.05) is 6.92 Å². The van der Waals surface area contributed by atoms with E-state index < -0.39 is 63.2 Å². The second kappa shape index (κ2) is 8.25. The number of nitrogens with zero attached hydrogens (tertiary/aromatic N) is 5. The van der Waals surface area contributed by atoms with Crippen molar-refractivity contribution >= 4 is 21.3 Å². The maximum atomic E-state index is 14.1. The standard InChI is InChI=1S/C21H21F5N6O2S/c1-19(8-20(22,23)9-19)10-32-17(15(21(24,25)26)16(31-32)12-3-4-12)18(33)30-13-5-6-28-14(7-13)35(2,34)29-11-27/h5-7,12H,3-4,8-10H2,1-2H3,(H,28,30,33)/t35-/m1/s1. The number of anilines is 1. The van der Waals surface area contributed by atoms with Crippen LogP contribution in [0.5, 0.6) is 0 Å². The van der Waals surface area contributed by atoms with E-state index in [0.717, 1.165) is 23.2 Å². The van der Waals surface area contributed by atoms with E-state index in [9.17, 15) is 31.0 Å². The maximum Gasteiger partial charge on any atom is 0.420 e. The summed E-state index contributed by atoms with van der Waals surface area (Å²) in [5, 5.41) is 15.0. The van der Waals surface area contributed by atoms with Crippen LogP contribution in [-0.2, 0) is 22.5 Å². The molecule has 4 rings (SSSR count). The quantitative estimate of drug-likeness (QED) is 0.438. The number of rotatable bonds is 6. The molecular formula is C21H21F5N6O2S. The monoisotopic (exact) mass is 516 g/mol. The van der Waals surface area contributed by atoms with Crippen LogP contribution in [0, 0.1) is 16.9 Å². The van der Waals surface area contributed by atoms with Gasteiger partial charge in [-0.25, -0.2) is 18.0 Å². The highest BCUT2D eigenvalue weighted by Gasteiger charge is 2.55. The summed E-state index contributed by atoms with van der Waals surface area (Å²) in [5.74, 6) is -4.52. The Morgan fingerprint density at radius 3 is 2.57 bits per heavy atom. The van der Waals surface area contributed by atoms with E-state index in [1.807, 2.05) is 0 Å². The van der Waals surface area contributed by atoms with E-state index >= 15 is 0 Å².